The van der Waals surface area contributed by atoms with Gasteiger partial charge < -0.3 is 10.2 Å². The Hall–Kier alpha value is -0.120. The summed E-state index contributed by atoms with van der Waals surface area (Å²) in [7, 11) is 2.21. The standard InChI is InChI=1S/C11H23N3/c1-3-10-7-14(6-4-5-12-10)11-8-13(2)9-11/h10-12H,3-9H2,1-2H3. The van der Waals surface area contributed by atoms with Crippen LogP contribution in [0.25, 0.3) is 0 Å². The van der Waals surface area contributed by atoms with Crippen LogP contribution in [-0.2, 0) is 0 Å². The van der Waals surface area contributed by atoms with Gasteiger partial charge in [0, 0.05) is 31.7 Å². The van der Waals surface area contributed by atoms with E-state index >= 15 is 0 Å². The number of nitrogens with zero attached hydrogens (tertiary/aromatic N) is 2. The quantitative estimate of drug-likeness (QED) is 0.690. The predicted molar refractivity (Wildman–Crippen MR) is 59.6 cm³/mol. The fraction of sp³-hybridized carbons (Fsp3) is 1.00. The Labute approximate surface area is 87.4 Å². The molecule has 2 rings (SSSR count). The maximum absolute atomic E-state index is 3.62. The second-order valence-corrected chi connectivity index (χ2v) is 4.78. The molecule has 1 N–H and O–H groups in total. The second-order valence-electron chi connectivity index (χ2n) is 4.78. The van der Waals surface area contributed by atoms with Crippen LogP contribution in [0, 0.1) is 0 Å². The minimum absolute atomic E-state index is 0.725. The monoisotopic (exact) mass is 197 g/mol. The van der Waals surface area contributed by atoms with Crippen molar-refractivity contribution in [3.63, 3.8) is 0 Å². The third kappa shape index (κ3) is 2.27. The largest absolute Gasteiger partial charge is 0.313 e. The van der Waals surface area contributed by atoms with Crippen molar-refractivity contribution in [1.82, 2.24) is 15.1 Å². The Kier molecular flexibility index (Phi) is 3.42. The molecular weight excluding hydrogens is 174 g/mol. The van der Waals surface area contributed by atoms with E-state index in [2.05, 4.69) is 29.1 Å². The van der Waals surface area contributed by atoms with Gasteiger partial charge in [0.2, 0.25) is 0 Å². The summed E-state index contributed by atoms with van der Waals surface area (Å²) in [5, 5.41) is 3.62. The molecule has 0 aliphatic carbocycles. The lowest BCUT2D eigenvalue weighted by molar-refractivity contribution is 0.0512. The van der Waals surface area contributed by atoms with E-state index in [4.69, 9.17) is 0 Å². The number of likely N-dealkylation sites (N-methyl/N-ethyl adjacent to an activating group) is 1. The molecule has 0 aromatic rings. The Morgan fingerprint density at radius 3 is 2.71 bits per heavy atom. The van der Waals surface area contributed by atoms with Crippen molar-refractivity contribution in [2.45, 2.75) is 31.8 Å². The number of hydrogen-bond donors (Lipinski definition) is 1. The van der Waals surface area contributed by atoms with E-state index < -0.39 is 0 Å². The highest BCUT2D eigenvalue weighted by molar-refractivity contribution is 4.89. The average Bonchev–Trinajstić information content (AvgIpc) is 2.37. The highest BCUT2D eigenvalue weighted by Gasteiger charge is 2.30. The van der Waals surface area contributed by atoms with E-state index in [1.165, 1.54) is 45.6 Å². The third-order valence-electron chi connectivity index (χ3n) is 3.56. The van der Waals surface area contributed by atoms with E-state index in [9.17, 15) is 0 Å². The summed E-state index contributed by atoms with van der Waals surface area (Å²) < 4.78 is 0. The Morgan fingerprint density at radius 2 is 2.07 bits per heavy atom. The number of nitrogens with one attached hydrogen (secondary N) is 1. The summed E-state index contributed by atoms with van der Waals surface area (Å²) in [6.07, 6.45) is 2.58. The molecule has 1 unspecified atom stereocenters. The zero-order valence-corrected chi connectivity index (χ0v) is 9.50. The molecule has 0 bridgehead atoms. The zero-order chi connectivity index (χ0) is 9.97. The fourth-order valence-corrected chi connectivity index (χ4v) is 2.53. The summed E-state index contributed by atoms with van der Waals surface area (Å²) in [6, 6.07) is 1.57. The fourth-order valence-electron chi connectivity index (χ4n) is 2.53. The van der Waals surface area contributed by atoms with Gasteiger partial charge in [-0.1, -0.05) is 6.92 Å². The van der Waals surface area contributed by atoms with Crippen molar-refractivity contribution in [3.05, 3.63) is 0 Å². The lowest BCUT2D eigenvalue weighted by Crippen LogP contribution is -2.59. The molecule has 3 nitrogen and oxygen atoms in total. The predicted octanol–water partition coefficient (Wildman–Crippen LogP) is 0.374. The van der Waals surface area contributed by atoms with Gasteiger partial charge in [0.25, 0.3) is 0 Å². The van der Waals surface area contributed by atoms with Crippen LogP contribution in [0.3, 0.4) is 0 Å². The molecule has 0 amide bonds. The van der Waals surface area contributed by atoms with Crippen LogP contribution in [0.15, 0.2) is 0 Å². The normalized spacial score (nSPS) is 32.6. The molecule has 3 heteroatoms. The van der Waals surface area contributed by atoms with Crippen molar-refractivity contribution in [2.24, 2.45) is 0 Å². The maximum atomic E-state index is 3.62. The molecule has 0 saturated carbocycles. The van der Waals surface area contributed by atoms with Crippen LogP contribution >= 0.6 is 0 Å². The first kappa shape index (κ1) is 10.4. The SMILES string of the molecule is CCC1CN(C2CN(C)C2)CCCN1. The average molecular weight is 197 g/mol. The Bertz CT molecular complexity index is 177. The number of rotatable bonds is 2. The van der Waals surface area contributed by atoms with E-state index in [1.54, 1.807) is 0 Å². The van der Waals surface area contributed by atoms with Crippen molar-refractivity contribution >= 4 is 0 Å². The van der Waals surface area contributed by atoms with Gasteiger partial charge in [-0.2, -0.15) is 0 Å². The Morgan fingerprint density at radius 1 is 1.29 bits per heavy atom. The van der Waals surface area contributed by atoms with E-state index in [0.717, 1.165) is 12.1 Å². The lowest BCUT2D eigenvalue weighted by atomic mass is 10.1. The van der Waals surface area contributed by atoms with E-state index in [-0.39, 0.29) is 0 Å². The highest BCUT2D eigenvalue weighted by Crippen LogP contribution is 2.15. The number of hydrogen-bond acceptors (Lipinski definition) is 3. The molecule has 2 heterocycles. The van der Waals surface area contributed by atoms with Crippen molar-refractivity contribution in [3.8, 4) is 0 Å². The molecule has 0 spiro atoms. The van der Waals surface area contributed by atoms with Gasteiger partial charge in [0.1, 0.15) is 0 Å². The van der Waals surface area contributed by atoms with Crippen molar-refractivity contribution in [2.75, 3.05) is 39.8 Å². The zero-order valence-electron chi connectivity index (χ0n) is 9.50. The molecule has 1 atom stereocenters. The van der Waals surface area contributed by atoms with E-state index in [0.29, 0.717) is 0 Å². The molecule has 14 heavy (non-hydrogen) atoms. The van der Waals surface area contributed by atoms with Crippen molar-refractivity contribution in [1.29, 1.82) is 0 Å². The van der Waals surface area contributed by atoms with Gasteiger partial charge in [-0.3, -0.25) is 4.90 Å². The lowest BCUT2D eigenvalue weighted by Gasteiger charge is -2.44. The molecule has 0 radical (unpaired) electrons. The molecule has 2 fully saturated rings. The summed E-state index contributed by atoms with van der Waals surface area (Å²) in [5.74, 6) is 0. The van der Waals surface area contributed by atoms with Crippen LogP contribution in [0.2, 0.25) is 0 Å². The molecule has 0 aromatic carbocycles. The first-order chi connectivity index (χ1) is 6.79. The van der Waals surface area contributed by atoms with Crippen LogP contribution in [0.1, 0.15) is 19.8 Å². The highest BCUT2D eigenvalue weighted by atomic mass is 15.3. The second kappa shape index (κ2) is 4.60. The molecule has 2 saturated heterocycles. The molecule has 0 aromatic heterocycles. The maximum Gasteiger partial charge on any atom is 0.0350 e. The molecule has 2 aliphatic rings. The third-order valence-corrected chi connectivity index (χ3v) is 3.56. The van der Waals surface area contributed by atoms with Crippen LogP contribution in [0.4, 0.5) is 0 Å². The number of likely N-dealkylation sites (tertiary alicyclic amines) is 1. The molecule has 82 valence electrons. The van der Waals surface area contributed by atoms with Gasteiger partial charge >= 0.3 is 0 Å². The smallest absolute Gasteiger partial charge is 0.0350 e. The summed E-state index contributed by atoms with van der Waals surface area (Å²) in [4.78, 5) is 5.10. The minimum Gasteiger partial charge on any atom is -0.313 e. The first-order valence-corrected chi connectivity index (χ1v) is 5.95. The van der Waals surface area contributed by atoms with Crippen LogP contribution in [0.5, 0.6) is 0 Å². The van der Waals surface area contributed by atoms with Gasteiger partial charge in [0.15, 0.2) is 0 Å². The van der Waals surface area contributed by atoms with Crippen LogP contribution < -0.4 is 5.32 Å². The van der Waals surface area contributed by atoms with Crippen LogP contribution in [-0.4, -0.2) is 61.7 Å². The van der Waals surface area contributed by atoms with Gasteiger partial charge in [-0.15, -0.1) is 0 Å². The summed E-state index contributed by atoms with van der Waals surface area (Å²) >= 11 is 0. The van der Waals surface area contributed by atoms with Crippen molar-refractivity contribution < 1.29 is 0 Å². The first-order valence-electron chi connectivity index (χ1n) is 5.95. The summed E-state index contributed by atoms with van der Waals surface area (Å²) in [6.45, 7) is 8.59. The van der Waals surface area contributed by atoms with Gasteiger partial charge in [-0.05, 0) is 33.0 Å². The van der Waals surface area contributed by atoms with Gasteiger partial charge in [-0.25, -0.2) is 0 Å². The minimum atomic E-state index is 0.725. The Balaban J connectivity index is 1.84. The molecule has 2 aliphatic heterocycles. The topological polar surface area (TPSA) is 18.5 Å². The summed E-state index contributed by atoms with van der Waals surface area (Å²) in [5.41, 5.74) is 0. The van der Waals surface area contributed by atoms with E-state index in [1.807, 2.05) is 0 Å². The van der Waals surface area contributed by atoms with Gasteiger partial charge in [0.05, 0.1) is 0 Å². The molecular formula is C11H23N3.